The van der Waals surface area contributed by atoms with Gasteiger partial charge in [0.25, 0.3) is 5.91 Å². The standard InChI is InChI=1S/C12H19F3N2O4/c1-8(2)16-9(18)11(20-3)4-6-17(7-5-11)21-10(19)12(13,14)15/h8H,4-7H2,1-3H3,(H,16,18). The third kappa shape index (κ3) is 4.57. The molecule has 0 radical (unpaired) electrons. The number of hydroxylamine groups is 2. The molecular formula is C12H19F3N2O4. The number of nitrogens with zero attached hydrogens (tertiary/aromatic N) is 1. The molecule has 0 aromatic rings. The molecule has 1 N–H and O–H groups in total. The van der Waals surface area contributed by atoms with Crippen molar-refractivity contribution in [1.82, 2.24) is 10.4 Å². The number of carbonyl (C=O) groups excluding carboxylic acids is 2. The Labute approximate surface area is 120 Å². The van der Waals surface area contributed by atoms with Gasteiger partial charge in [0.2, 0.25) is 0 Å². The molecule has 1 aliphatic heterocycles. The van der Waals surface area contributed by atoms with Crippen molar-refractivity contribution >= 4 is 11.9 Å². The van der Waals surface area contributed by atoms with Crippen LogP contribution in [0.1, 0.15) is 26.7 Å². The first-order chi connectivity index (χ1) is 9.60. The SMILES string of the molecule is COC1(C(=O)NC(C)C)CCN(OC(=O)C(F)(F)F)CC1. The van der Waals surface area contributed by atoms with E-state index < -0.39 is 17.7 Å². The Morgan fingerprint density at radius 2 is 1.76 bits per heavy atom. The van der Waals surface area contributed by atoms with Gasteiger partial charge in [-0.2, -0.15) is 13.2 Å². The van der Waals surface area contributed by atoms with Crippen LogP contribution in [0, 0.1) is 0 Å². The first-order valence-electron chi connectivity index (χ1n) is 6.51. The molecule has 0 saturated carbocycles. The van der Waals surface area contributed by atoms with Gasteiger partial charge >= 0.3 is 12.1 Å². The van der Waals surface area contributed by atoms with E-state index in [1.807, 2.05) is 0 Å². The van der Waals surface area contributed by atoms with Crippen molar-refractivity contribution in [3.8, 4) is 0 Å². The van der Waals surface area contributed by atoms with E-state index >= 15 is 0 Å². The smallest absolute Gasteiger partial charge is 0.368 e. The minimum atomic E-state index is -5.04. The fraction of sp³-hybridized carbons (Fsp3) is 0.833. The Morgan fingerprint density at radius 3 is 2.14 bits per heavy atom. The molecule has 1 saturated heterocycles. The van der Waals surface area contributed by atoms with Gasteiger partial charge in [-0.05, 0) is 13.8 Å². The minimum absolute atomic E-state index is 0.0127. The monoisotopic (exact) mass is 312 g/mol. The van der Waals surface area contributed by atoms with Crippen molar-refractivity contribution in [2.75, 3.05) is 20.2 Å². The molecule has 6 nitrogen and oxygen atoms in total. The summed E-state index contributed by atoms with van der Waals surface area (Å²) in [7, 11) is 1.37. The van der Waals surface area contributed by atoms with Crippen molar-refractivity contribution in [3.05, 3.63) is 0 Å². The second kappa shape index (κ2) is 6.61. The van der Waals surface area contributed by atoms with Gasteiger partial charge < -0.3 is 14.9 Å². The summed E-state index contributed by atoms with van der Waals surface area (Å²) in [6.07, 6.45) is -4.77. The summed E-state index contributed by atoms with van der Waals surface area (Å²) in [5.41, 5.74) is -1.11. The molecule has 9 heteroatoms. The molecule has 21 heavy (non-hydrogen) atoms. The maximum atomic E-state index is 12.1. The summed E-state index contributed by atoms with van der Waals surface area (Å²) in [4.78, 5) is 27.1. The highest BCUT2D eigenvalue weighted by Gasteiger charge is 2.46. The number of alkyl halides is 3. The van der Waals surface area contributed by atoms with Crippen LogP contribution in [0.5, 0.6) is 0 Å². The molecule has 0 aliphatic carbocycles. The van der Waals surface area contributed by atoms with Crippen molar-refractivity contribution < 1.29 is 32.3 Å². The topological polar surface area (TPSA) is 67.9 Å². The van der Waals surface area contributed by atoms with Crippen molar-refractivity contribution in [2.45, 2.75) is 44.5 Å². The molecule has 1 heterocycles. The molecule has 1 aliphatic rings. The lowest BCUT2D eigenvalue weighted by atomic mass is 9.90. The highest BCUT2D eigenvalue weighted by atomic mass is 19.4. The molecule has 0 atom stereocenters. The van der Waals surface area contributed by atoms with E-state index in [-0.39, 0.29) is 37.9 Å². The van der Waals surface area contributed by atoms with E-state index in [4.69, 9.17) is 4.74 Å². The van der Waals surface area contributed by atoms with Gasteiger partial charge in [-0.25, -0.2) is 4.79 Å². The first-order valence-corrected chi connectivity index (χ1v) is 6.51. The number of hydrogen-bond acceptors (Lipinski definition) is 5. The zero-order chi connectivity index (χ0) is 16.3. The molecule has 122 valence electrons. The summed E-state index contributed by atoms with van der Waals surface area (Å²) in [5, 5.41) is 3.61. The number of halogens is 3. The highest BCUT2D eigenvalue weighted by Crippen LogP contribution is 2.27. The normalized spacial score (nSPS) is 19.4. The van der Waals surface area contributed by atoms with Crippen LogP contribution in [-0.4, -0.2) is 55.0 Å². The van der Waals surface area contributed by atoms with Crippen LogP contribution in [-0.2, 0) is 19.2 Å². The first kappa shape index (κ1) is 17.7. The number of ether oxygens (including phenoxy) is 1. The summed E-state index contributed by atoms with van der Waals surface area (Å²) in [6, 6.07) is -0.0781. The van der Waals surface area contributed by atoms with Gasteiger partial charge in [0, 0.05) is 39.1 Å². The Balaban J connectivity index is 2.60. The number of carbonyl (C=O) groups is 2. The van der Waals surface area contributed by atoms with Crippen LogP contribution >= 0.6 is 0 Å². The Bertz CT molecular complexity index is 390. The summed E-state index contributed by atoms with van der Waals surface area (Å²) in [6.45, 7) is 3.56. The second-order valence-electron chi connectivity index (χ2n) is 5.13. The number of amides is 1. The maximum Gasteiger partial charge on any atom is 0.492 e. The van der Waals surface area contributed by atoms with Crippen LogP contribution in [0.25, 0.3) is 0 Å². The number of methoxy groups -OCH3 is 1. The summed E-state index contributed by atoms with van der Waals surface area (Å²) >= 11 is 0. The zero-order valence-corrected chi connectivity index (χ0v) is 12.1. The van der Waals surface area contributed by atoms with Gasteiger partial charge in [0.05, 0.1) is 0 Å². The van der Waals surface area contributed by atoms with Gasteiger partial charge in [-0.1, -0.05) is 0 Å². The molecule has 0 aromatic carbocycles. The van der Waals surface area contributed by atoms with E-state index in [2.05, 4.69) is 10.2 Å². The van der Waals surface area contributed by atoms with Crippen molar-refractivity contribution in [1.29, 1.82) is 0 Å². The van der Waals surface area contributed by atoms with E-state index in [1.165, 1.54) is 7.11 Å². The quantitative estimate of drug-likeness (QED) is 0.839. The highest BCUT2D eigenvalue weighted by molar-refractivity contribution is 5.85. The lowest BCUT2D eigenvalue weighted by molar-refractivity contribution is -0.247. The fourth-order valence-electron chi connectivity index (χ4n) is 2.03. The Morgan fingerprint density at radius 1 is 1.24 bits per heavy atom. The number of piperidine rings is 1. The molecule has 0 spiro atoms. The summed E-state index contributed by atoms with van der Waals surface area (Å²) < 4.78 is 41.6. The van der Waals surface area contributed by atoms with Gasteiger partial charge in [-0.15, -0.1) is 5.06 Å². The second-order valence-corrected chi connectivity index (χ2v) is 5.13. The molecule has 0 unspecified atom stereocenters. The van der Waals surface area contributed by atoms with E-state index in [0.29, 0.717) is 0 Å². The van der Waals surface area contributed by atoms with Crippen LogP contribution in [0.2, 0.25) is 0 Å². The van der Waals surface area contributed by atoms with E-state index in [9.17, 15) is 22.8 Å². The number of hydrogen-bond donors (Lipinski definition) is 1. The molecular weight excluding hydrogens is 293 g/mol. The lowest BCUT2D eigenvalue weighted by Gasteiger charge is -2.38. The van der Waals surface area contributed by atoms with Crippen LogP contribution in [0.4, 0.5) is 13.2 Å². The van der Waals surface area contributed by atoms with Crippen molar-refractivity contribution in [2.24, 2.45) is 0 Å². The van der Waals surface area contributed by atoms with E-state index in [0.717, 1.165) is 5.06 Å². The summed E-state index contributed by atoms with van der Waals surface area (Å²) in [5.74, 6) is -2.58. The van der Waals surface area contributed by atoms with Gasteiger partial charge in [0.1, 0.15) is 5.60 Å². The number of nitrogens with one attached hydrogen (secondary N) is 1. The molecule has 1 amide bonds. The molecule has 0 aromatic heterocycles. The molecule has 0 bridgehead atoms. The van der Waals surface area contributed by atoms with Gasteiger partial charge in [0.15, 0.2) is 0 Å². The third-order valence-electron chi connectivity index (χ3n) is 3.20. The average Bonchev–Trinajstić information content (AvgIpc) is 2.37. The Kier molecular flexibility index (Phi) is 5.57. The molecule has 1 fully saturated rings. The van der Waals surface area contributed by atoms with Gasteiger partial charge in [-0.3, -0.25) is 4.79 Å². The van der Waals surface area contributed by atoms with Crippen molar-refractivity contribution in [3.63, 3.8) is 0 Å². The van der Waals surface area contributed by atoms with Crippen LogP contribution < -0.4 is 5.32 Å². The largest absolute Gasteiger partial charge is 0.492 e. The van der Waals surface area contributed by atoms with E-state index in [1.54, 1.807) is 13.8 Å². The Hall–Kier alpha value is -1.35. The maximum absolute atomic E-state index is 12.1. The average molecular weight is 312 g/mol. The lowest BCUT2D eigenvalue weighted by Crippen LogP contribution is -2.56. The number of rotatable bonds is 4. The predicted octanol–water partition coefficient (Wildman–Crippen LogP) is 1.01. The molecule has 1 rings (SSSR count). The van der Waals surface area contributed by atoms with Crippen LogP contribution in [0.15, 0.2) is 0 Å². The minimum Gasteiger partial charge on any atom is -0.368 e. The predicted molar refractivity (Wildman–Crippen MR) is 66.0 cm³/mol. The third-order valence-corrected chi connectivity index (χ3v) is 3.20. The fourth-order valence-corrected chi connectivity index (χ4v) is 2.03. The zero-order valence-electron chi connectivity index (χ0n) is 12.1. The van der Waals surface area contributed by atoms with Crippen LogP contribution in [0.3, 0.4) is 0 Å².